The standard InChI is InChI=1S/C10H12N2O2/c1-2-14-10(13)9(12-11)8-6-4-3-5-7-8/h3-7H,2,11H2,1H3/b12-9+. The number of rotatable bonds is 3. The number of hydrazone groups is 1. The molecule has 0 spiro atoms. The van der Waals surface area contributed by atoms with E-state index in [-0.39, 0.29) is 5.71 Å². The fraction of sp³-hybridized carbons (Fsp3) is 0.200. The van der Waals surface area contributed by atoms with E-state index in [4.69, 9.17) is 10.6 Å². The molecule has 1 aromatic carbocycles. The molecule has 0 saturated carbocycles. The Hall–Kier alpha value is -1.84. The predicted molar refractivity (Wildman–Crippen MR) is 53.8 cm³/mol. The van der Waals surface area contributed by atoms with Gasteiger partial charge in [0.05, 0.1) is 6.61 Å². The number of hydrogen-bond donors (Lipinski definition) is 1. The minimum Gasteiger partial charge on any atom is -0.461 e. The summed E-state index contributed by atoms with van der Waals surface area (Å²) in [6.45, 7) is 2.04. The summed E-state index contributed by atoms with van der Waals surface area (Å²) in [6, 6.07) is 8.97. The first-order chi connectivity index (χ1) is 6.79. The van der Waals surface area contributed by atoms with E-state index in [0.717, 1.165) is 0 Å². The molecule has 0 heterocycles. The number of carbonyl (C=O) groups is 1. The maximum Gasteiger partial charge on any atom is 0.359 e. The first-order valence-corrected chi connectivity index (χ1v) is 4.30. The highest BCUT2D eigenvalue weighted by molar-refractivity contribution is 6.43. The molecule has 14 heavy (non-hydrogen) atoms. The number of ether oxygens (including phenoxy) is 1. The van der Waals surface area contributed by atoms with Crippen molar-refractivity contribution in [3.63, 3.8) is 0 Å². The van der Waals surface area contributed by atoms with Gasteiger partial charge < -0.3 is 10.6 Å². The number of nitrogens with zero attached hydrogens (tertiary/aromatic N) is 1. The Morgan fingerprint density at radius 2 is 2.07 bits per heavy atom. The fourth-order valence-electron chi connectivity index (χ4n) is 1.04. The maximum atomic E-state index is 11.3. The van der Waals surface area contributed by atoms with Gasteiger partial charge in [-0.3, -0.25) is 0 Å². The average molecular weight is 192 g/mol. The Morgan fingerprint density at radius 1 is 1.43 bits per heavy atom. The van der Waals surface area contributed by atoms with Crippen LogP contribution in [0.3, 0.4) is 0 Å². The molecule has 0 aliphatic rings. The lowest BCUT2D eigenvalue weighted by molar-refractivity contribution is -0.134. The van der Waals surface area contributed by atoms with Gasteiger partial charge in [-0.1, -0.05) is 30.3 Å². The SMILES string of the molecule is CCOC(=O)/C(=N/N)c1ccccc1. The zero-order valence-electron chi connectivity index (χ0n) is 7.93. The van der Waals surface area contributed by atoms with Crippen LogP contribution in [-0.4, -0.2) is 18.3 Å². The van der Waals surface area contributed by atoms with E-state index in [0.29, 0.717) is 12.2 Å². The van der Waals surface area contributed by atoms with E-state index >= 15 is 0 Å². The Kier molecular flexibility index (Phi) is 3.67. The number of carbonyl (C=O) groups excluding carboxylic acids is 1. The third-order valence-electron chi connectivity index (χ3n) is 1.65. The summed E-state index contributed by atoms with van der Waals surface area (Å²) < 4.78 is 4.80. The van der Waals surface area contributed by atoms with Crippen LogP contribution in [0.4, 0.5) is 0 Å². The highest BCUT2D eigenvalue weighted by atomic mass is 16.5. The van der Waals surface area contributed by atoms with Crippen molar-refractivity contribution in [3.05, 3.63) is 35.9 Å². The van der Waals surface area contributed by atoms with Crippen molar-refractivity contribution in [2.75, 3.05) is 6.61 Å². The molecule has 1 rings (SSSR count). The fourth-order valence-corrected chi connectivity index (χ4v) is 1.04. The van der Waals surface area contributed by atoms with E-state index in [9.17, 15) is 4.79 Å². The Bertz CT molecular complexity index is 333. The normalized spacial score (nSPS) is 11.1. The van der Waals surface area contributed by atoms with E-state index in [1.54, 1.807) is 31.2 Å². The molecule has 74 valence electrons. The van der Waals surface area contributed by atoms with Gasteiger partial charge in [0.25, 0.3) is 0 Å². The Labute approximate surface area is 82.4 Å². The molecular weight excluding hydrogens is 180 g/mol. The number of esters is 1. The van der Waals surface area contributed by atoms with Crippen molar-refractivity contribution >= 4 is 11.7 Å². The van der Waals surface area contributed by atoms with Crippen molar-refractivity contribution in [2.45, 2.75) is 6.92 Å². The molecule has 4 nitrogen and oxygen atoms in total. The second-order valence-electron chi connectivity index (χ2n) is 2.56. The minimum atomic E-state index is -0.499. The van der Waals surface area contributed by atoms with Crippen molar-refractivity contribution in [2.24, 2.45) is 10.9 Å². The van der Waals surface area contributed by atoms with Crippen molar-refractivity contribution in [3.8, 4) is 0 Å². The maximum absolute atomic E-state index is 11.3. The predicted octanol–water partition coefficient (Wildman–Crippen LogP) is 0.912. The molecule has 0 amide bonds. The molecule has 2 N–H and O–H groups in total. The van der Waals surface area contributed by atoms with Crippen LogP contribution in [0.15, 0.2) is 35.4 Å². The van der Waals surface area contributed by atoms with E-state index < -0.39 is 5.97 Å². The second-order valence-corrected chi connectivity index (χ2v) is 2.56. The number of nitrogens with two attached hydrogens (primary N) is 1. The van der Waals surface area contributed by atoms with Crippen LogP contribution in [-0.2, 0) is 9.53 Å². The Balaban J connectivity index is 2.89. The summed E-state index contributed by atoms with van der Waals surface area (Å²) >= 11 is 0. The van der Waals surface area contributed by atoms with Crippen LogP contribution >= 0.6 is 0 Å². The van der Waals surface area contributed by atoms with Gasteiger partial charge in [0.15, 0.2) is 5.71 Å². The molecule has 0 unspecified atom stereocenters. The summed E-state index contributed by atoms with van der Waals surface area (Å²) in [7, 11) is 0. The largest absolute Gasteiger partial charge is 0.461 e. The molecule has 0 fully saturated rings. The first-order valence-electron chi connectivity index (χ1n) is 4.30. The van der Waals surface area contributed by atoms with E-state index in [1.807, 2.05) is 6.07 Å². The molecule has 0 aliphatic heterocycles. The molecule has 4 heteroatoms. The van der Waals surface area contributed by atoms with Crippen LogP contribution < -0.4 is 5.84 Å². The third-order valence-corrected chi connectivity index (χ3v) is 1.65. The van der Waals surface area contributed by atoms with Gasteiger partial charge in [0, 0.05) is 5.56 Å². The van der Waals surface area contributed by atoms with Crippen LogP contribution in [0.1, 0.15) is 12.5 Å². The summed E-state index contributed by atoms with van der Waals surface area (Å²) in [5, 5.41) is 3.42. The smallest absolute Gasteiger partial charge is 0.359 e. The molecule has 0 radical (unpaired) electrons. The zero-order valence-corrected chi connectivity index (χ0v) is 7.93. The summed E-state index contributed by atoms with van der Waals surface area (Å²) in [6.07, 6.45) is 0. The highest BCUT2D eigenvalue weighted by Crippen LogP contribution is 2.02. The lowest BCUT2D eigenvalue weighted by atomic mass is 10.1. The van der Waals surface area contributed by atoms with Gasteiger partial charge in [0.2, 0.25) is 0 Å². The minimum absolute atomic E-state index is 0.146. The summed E-state index contributed by atoms with van der Waals surface area (Å²) in [4.78, 5) is 11.3. The molecule has 0 aliphatic carbocycles. The van der Waals surface area contributed by atoms with E-state index in [2.05, 4.69) is 5.10 Å². The van der Waals surface area contributed by atoms with Crippen molar-refractivity contribution in [1.82, 2.24) is 0 Å². The quantitative estimate of drug-likeness (QED) is 0.335. The monoisotopic (exact) mass is 192 g/mol. The number of benzene rings is 1. The average Bonchev–Trinajstić information content (AvgIpc) is 2.21. The lowest BCUT2D eigenvalue weighted by Gasteiger charge is -2.03. The summed E-state index contributed by atoms with van der Waals surface area (Å²) in [5.41, 5.74) is 0.806. The second kappa shape index (κ2) is 5.01. The van der Waals surface area contributed by atoms with Gasteiger partial charge in [0.1, 0.15) is 0 Å². The van der Waals surface area contributed by atoms with Crippen LogP contribution in [0, 0.1) is 0 Å². The highest BCUT2D eigenvalue weighted by Gasteiger charge is 2.13. The third kappa shape index (κ3) is 2.32. The van der Waals surface area contributed by atoms with Gasteiger partial charge in [-0.05, 0) is 6.92 Å². The number of hydrogen-bond acceptors (Lipinski definition) is 4. The van der Waals surface area contributed by atoms with Crippen molar-refractivity contribution in [1.29, 1.82) is 0 Å². The van der Waals surface area contributed by atoms with Crippen LogP contribution in [0.5, 0.6) is 0 Å². The Morgan fingerprint density at radius 3 is 2.57 bits per heavy atom. The first kappa shape index (κ1) is 10.2. The molecule has 0 atom stereocenters. The van der Waals surface area contributed by atoms with Gasteiger partial charge >= 0.3 is 5.97 Å². The lowest BCUT2D eigenvalue weighted by Crippen LogP contribution is -2.20. The van der Waals surface area contributed by atoms with Crippen LogP contribution in [0.25, 0.3) is 0 Å². The molecule has 0 bridgehead atoms. The molecule has 0 aromatic heterocycles. The van der Waals surface area contributed by atoms with Gasteiger partial charge in [-0.15, -0.1) is 0 Å². The molecule has 0 saturated heterocycles. The van der Waals surface area contributed by atoms with Gasteiger partial charge in [-0.2, -0.15) is 5.10 Å². The van der Waals surface area contributed by atoms with Gasteiger partial charge in [-0.25, -0.2) is 4.79 Å². The van der Waals surface area contributed by atoms with Crippen LogP contribution in [0.2, 0.25) is 0 Å². The zero-order chi connectivity index (χ0) is 10.4. The van der Waals surface area contributed by atoms with Crippen molar-refractivity contribution < 1.29 is 9.53 Å². The summed E-state index contributed by atoms with van der Waals surface area (Å²) in [5.74, 6) is 4.62. The van der Waals surface area contributed by atoms with E-state index in [1.165, 1.54) is 0 Å². The molecule has 1 aromatic rings. The topological polar surface area (TPSA) is 64.7 Å². The molecular formula is C10H12N2O2.